The summed E-state index contributed by atoms with van der Waals surface area (Å²) in [6.07, 6.45) is 0. The molecule has 0 aliphatic carbocycles. The molecule has 0 bridgehead atoms. The molecule has 0 atom stereocenters. The van der Waals surface area contributed by atoms with Crippen LogP contribution in [0.1, 0.15) is 28.4 Å². The summed E-state index contributed by atoms with van der Waals surface area (Å²) in [6.45, 7) is 2.08. The van der Waals surface area contributed by atoms with Gasteiger partial charge in [0.2, 0.25) is 0 Å². The van der Waals surface area contributed by atoms with E-state index in [1.54, 1.807) is 43.3 Å². The zero-order valence-electron chi connectivity index (χ0n) is 14.8. The highest BCUT2D eigenvalue weighted by Gasteiger charge is 2.13. The Kier molecular flexibility index (Phi) is 5.30. The zero-order valence-corrected chi connectivity index (χ0v) is 14.8. The van der Waals surface area contributed by atoms with Crippen LogP contribution in [0, 0.1) is 22.7 Å². The molecule has 0 spiro atoms. The van der Waals surface area contributed by atoms with Crippen molar-refractivity contribution in [1.82, 2.24) is 0 Å². The summed E-state index contributed by atoms with van der Waals surface area (Å²) in [6, 6.07) is 24.1. The average Bonchev–Trinajstić information content (AvgIpc) is 2.73. The maximum absolute atomic E-state index is 12.2. The Morgan fingerprint density at radius 2 is 1.33 bits per heavy atom. The summed E-state index contributed by atoms with van der Waals surface area (Å²) >= 11 is 0. The van der Waals surface area contributed by atoms with Crippen LogP contribution >= 0.6 is 0 Å². The smallest absolute Gasteiger partial charge is 0.338 e. The minimum absolute atomic E-state index is 0.308. The van der Waals surface area contributed by atoms with Crippen LogP contribution in [-0.4, -0.2) is 12.6 Å². The molecular formula is C23H16N2O2. The van der Waals surface area contributed by atoms with Gasteiger partial charge < -0.3 is 4.74 Å². The number of esters is 1. The van der Waals surface area contributed by atoms with Gasteiger partial charge >= 0.3 is 5.97 Å². The van der Waals surface area contributed by atoms with E-state index in [0.29, 0.717) is 23.3 Å². The molecule has 0 aliphatic rings. The van der Waals surface area contributed by atoms with Crippen molar-refractivity contribution >= 4 is 5.97 Å². The lowest BCUT2D eigenvalue weighted by atomic mass is 9.92. The summed E-state index contributed by atoms with van der Waals surface area (Å²) in [5, 5.41) is 18.0. The Labute approximate surface area is 157 Å². The molecule has 130 valence electrons. The number of benzene rings is 3. The third kappa shape index (κ3) is 3.86. The van der Waals surface area contributed by atoms with Gasteiger partial charge in [0.25, 0.3) is 0 Å². The fourth-order valence-electron chi connectivity index (χ4n) is 2.82. The maximum atomic E-state index is 12.2. The minimum atomic E-state index is -0.376. The Bertz CT molecular complexity index is 1050. The van der Waals surface area contributed by atoms with Gasteiger partial charge in [-0.3, -0.25) is 0 Å². The van der Waals surface area contributed by atoms with Gasteiger partial charge in [0.15, 0.2) is 0 Å². The van der Waals surface area contributed by atoms with Crippen LogP contribution in [-0.2, 0) is 4.74 Å². The molecule has 27 heavy (non-hydrogen) atoms. The van der Waals surface area contributed by atoms with Crippen LogP contribution in [0.4, 0.5) is 0 Å². The molecule has 0 amide bonds. The topological polar surface area (TPSA) is 73.9 Å². The molecule has 0 aromatic heterocycles. The van der Waals surface area contributed by atoms with Crippen molar-refractivity contribution in [1.29, 1.82) is 10.5 Å². The number of carbonyl (C=O) groups is 1. The second-order valence-electron chi connectivity index (χ2n) is 5.86. The lowest BCUT2D eigenvalue weighted by molar-refractivity contribution is 0.0526. The highest BCUT2D eigenvalue weighted by atomic mass is 16.5. The Hall–Kier alpha value is -3.89. The summed E-state index contributed by atoms with van der Waals surface area (Å²) in [7, 11) is 0. The molecule has 3 aromatic rings. The molecule has 3 rings (SSSR count). The van der Waals surface area contributed by atoms with Gasteiger partial charge in [-0.2, -0.15) is 10.5 Å². The number of carbonyl (C=O) groups excluding carboxylic acids is 1. The fraction of sp³-hybridized carbons (Fsp3) is 0.0870. The van der Waals surface area contributed by atoms with Gasteiger partial charge in [-0.15, -0.1) is 0 Å². The van der Waals surface area contributed by atoms with Crippen molar-refractivity contribution in [3.8, 4) is 34.4 Å². The fourth-order valence-corrected chi connectivity index (χ4v) is 2.82. The van der Waals surface area contributed by atoms with Crippen molar-refractivity contribution in [3.63, 3.8) is 0 Å². The predicted molar refractivity (Wildman–Crippen MR) is 103 cm³/mol. The van der Waals surface area contributed by atoms with Crippen LogP contribution in [0.25, 0.3) is 22.3 Å². The van der Waals surface area contributed by atoms with Crippen molar-refractivity contribution < 1.29 is 9.53 Å². The highest BCUT2D eigenvalue weighted by Crippen LogP contribution is 2.33. The normalized spacial score (nSPS) is 9.89. The predicted octanol–water partition coefficient (Wildman–Crippen LogP) is 4.94. The maximum Gasteiger partial charge on any atom is 0.338 e. The molecule has 0 N–H and O–H groups in total. The Balaban J connectivity index is 2.15. The number of hydrogen-bond acceptors (Lipinski definition) is 4. The van der Waals surface area contributed by atoms with E-state index in [-0.39, 0.29) is 5.97 Å². The number of rotatable bonds is 4. The van der Waals surface area contributed by atoms with E-state index in [2.05, 4.69) is 12.1 Å². The van der Waals surface area contributed by atoms with Crippen LogP contribution in [0.2, 0.25) is 0 Å². The number of hydrogen-bond donors (Lipinski definition) is 0. The molecule has 4 nitrogen and oxygen atoms in total. The molecule has 0 unspecified atom stereocenters. The standard InChI is InChI=1S/C23H16N2O2/c1-2-27-23(26)20-11-12-21(18-7-3-16(14-24)4-8-18)22(13-20)19-9-5-17(15-25)6-10-19/h3-13H,2H2,1H3. The van der Waals surface area contributed by atoms with Gasteiger partial charge in [-0.05, 0) is 65.6 Å². The van der Waals surface area contributed by atoms with Gasteiger partial charge in [0, 0.05) is 0 Å². The summed E-state index contributed by atoms with van der Waals surface area (Å²) < 4.78 is 5.11. The van der Waals surface area contributed by atoms with Crippen molar-refractivity contribution in [2.45, 2.75) is 6.92 Å². The lowest BCUT2D eigenvalue weighted by Crippen LogP contribution is -2.05. The van der Waals surface area contributed by atoms with E-state index in [9.17, 15) is 4.79 Å². The largest absolute Gasteiger partial charge is 0.462 e. The summed E-state index contributed by atoms with van der Waals surface area (Å²) in [4.78, 5) is 12.2. The van der Waals surface area contributed by atoms with Crippen LogP contribution < -0.4 is 0 Å². The number of ether oxygens (including phenoxy) is 1. The summed E-state index contributed by atoms with van der Waals surface area (Å²) in [5.74, 6) is -0.376. The van der Waals surface area contributed by atoms with Crippen LogP contribution in [0.5, 0.6) is 0 Å². The van der Waals surface area contributed by atoms with Gasteiger partial charge in [0.1, 0.15) is 0 Å². The van der Waals surface area contributed by atoms with Gasteiger partial charge in [-0.25, -0.2) is 4.79 Å². The van der Waals surface area contributed by atoms with Crippen molar-refractivity contribution in [3.05, 3.63) is 83.4 Å². The van der Waals surface area contributed by atoms with E-state index in [0.717, 1.165) is 22.3 Å². The van der Waals surface area contributed by atoms with Crippen LogP contribution in [0.15, 0.2) is 66.7 Å². The molecular weight excluding hydrogens is 336 g/mol. The van der Waals surface area contributed by atoms with Gasteiger partial charge in [0.05, 0.1) is 35.4 Å². The molecule has 0 fully saturated rings. The zero-order chi connectivity index (χ0) is 19.2. The van der Waals surface area contributed by atoms with E-state index in [1.165, 1.54) is 0 Å². The molecule has 3 aromatic carbocycles. The first-order valence-corrected chi connectivity index (χ1v) is 8.48. The Morgan fingerprint density at radius 1 is 0.815 bits per heavy atom. The van der Waals surface area contributed by atoms with E-state index >= 15 is 0 Å². The Morgan fingerprint density at radius 3 is 1.81 bits per heavy atom. The average molecular weight is 352 g/mol. The first-order chi connectivity index (χ1) is 13.2. The van der Waals surface area contributed by atoms with Crippen LogP contribution in [0.3, 0.4) is 0 Å². The third-order valence-electron chi connectivity index (χ3n) is 4.18. The minimum Gasteiger partial charge on any atom is -0.462 e. The highest BCUT2D eigenvalue weighted by molar-refractivity contribution is 5.94. The molecule has 0 radical (unpaired) electrons. The molecule has 4 heteroatoms. The second-order valence-corrected chi connectivity index (χ2v) is 5.86. The molecule has 0 saturated carbocycles. The van der Waals surface area contributed by atoms with Crippen molar-refractivity contribution in [2.75, 3.05) is 6.61 Å². The lowest BCUT2D eigenvalue weighted by Gasteiger charge is -2.13. The van der Waals surface area contributed by atoms with E-state index in [4.69, 9.17) is 15.3 Å². The van der Waals surface area contributed by atoms with E-state index < -0.39 is 0 Å². The SMILES string of the molecule is CCOC(=O)c1ccc(-c2ccc(C#N)cc2)c(-c2ccc(C#N)cc2)c1. The number of nitrogens with zero attached hydrogens (tertiary/aromatic N) is 2. The van der Waals surface area contributed by atoms with Crippen molar-refractivity contribution in [2.24, 2.45) is 0 Å². The summed E-state index contributed by atoms with van der Waals surface area (Å²) in [5.41, 5.74) is 5.23. The first kappa shape index (κ1) is 17.9. The van der Waals surface area contributed by atoms with E-state index in [1.807, 2.05) is 30.3 Å². The third-order valence-corrected chi connectivity index (χ3v) is 4.18. The second kappa shape index (κ2) is 7.99. The molecule has 0 heterocycles. The first-order valence-electron chi connectivity index (χ1n) is 8.48. The van der Waals surface area contributed by atoms with Gasteiger partial charge in [-0.1, -0.05) is 30.3 Å². The molecule has 0 aliphatic heterocycles. The quantitative estimate of drug-likeness (QED) is 0.623. The molecule has 0 saturated heterocycles. The monoisotopic (exact) mass is 352 g/mol. The number of nitriles is 2.